The van der Waals surface area contributed by atoms with Crippen LogP contribution >= 0.6 is 0 Å². The van der Waals surface area contributed by atoms with Crippen LogP contribution in [0.15, 0.2) is 23.3 Å². The predicted molar refractivity (Wildman–Crippen MR) is 127 cm³/mol. The van der Waals surface area contributed by atoms with Crippen molar-refractivity contribution >= 4 is 5.97 Å². The van der Waals surface area contributed by atoms with Crippen LogP contribution in [0.1, 0.15) is 98.8 Å². The number of carboxylic acid groups (broad SMARTS) is 1. The fourth-order valence-electron chi connectivity index (χ4n) is 7.58. The Morgan fingerprint density at radius 1 is 1.29 bits per heavy atom. The van der Waals surface area contributed by atoms with Crippen LogP contribution in [-0.4, -0.2) is 27.8 Å². The van der Waals surface area contributed by atoms with Gasteiger partial charge in [-0.3, -0.25) is 4.79 Å². The summed E-state index contributed by atoms with van der Waals surface area (Å²) in [4.78, 5) is 10.8. The highest BCUT2D eigenvalue weighted by atomic mass is 16.4. The van der Waals surface area contributed by atoms with Gasteiger partial charge in [0, 0.05) is 12.0 Å². The molecule has 0 aromatic carbocycles. The average Bonchev–Trinajstić information content (AvgIpc) is 2.73. The van der Waals surface area contributed by atoms with E-state index in [1.165, 1.54) is 17.6 Å². The number of nitrogens with two attached hydrogens (primary N) is 1. The molecule has 0 aliphatic heterocycles. The lowest BCUT2D eigenvalue weighted by atomic mass is 9.42. The Kier molecular flexibility index (Phi) is 7.13. The molecular weight excluding hydrogens is 386 g/mol. The molecule has 3 aliphatic carbocycles. The largest absolute Gasteiger partial charge is 0.481 e. The lowest BCUT2D eigenvalue weighted by molar-refractivity contribution is -0.137. The summed E-state index contributed by atoms with van der Waals surface area (Å²) in [7, 11) is 0. The molecule has 3 rings (SSSR count). The van der Waals surface area contributed by atoms with Gasteiger partial charge in [-0.15, -0.1) is 0 Å². The van der Waals surface area contributed by atoms with Crippen molar-refractivity contribution < 1.29 is 15.0 Å². The first kappa shape index (κ1) is 24.5. The van der Waals surface area contributed by atoms with Crippen LogP contribution in [0.2, 0.25) is 0 Å². The minimum Gasteiger partial charge on any atom is -0.481 e. The number of carbonyl (C=O) groups is 1. The van der Waals surface area contributed by atoms with Crippen LogP contribution in [0.3, 0.4) is 0 Å². The van der Waals surface area contributed by atoms with E-state index < -0.39 is 5.97 Å². The number of rotatable bonds is 7. The zero-order chi connectivity index (χ0) is 23.0. The van der Waals surface area contributed by atoms with Crippen LogP contribution < -0.4 is 5.73 Å². The number of fused-ring (bicyclic) bond motifs is 3. The van der Waals surface area contributed by atoms with Gasteiger partial charge in [0.25, 0.3) is 0 Å². The van der Waals surface area contributed by atoms with Crippen molar-refractivity contribution in [1.29, 1.82) is 0 Å². The van der Waals surface area contributed by atoms with Crippen molar-refractivity contribution in [2.45, 2.75) is 110 Å². The van der Waals surface area contributed by atoms with Gasteiger partial charge < -0.3 is 15.9 Å². The second kappa shape index (κ2) is 9.02. The molecule has 176 valence electrons. The Morgan fingerprint density at radius 3 is 2.65 bits per heavy atom. The van der Waals surface area contributed by atoms with Gasteiger partial charge in [-0.25, -0.2) is 0 Å². The van der Waals surface area contributed by atoms with Crippen molar-refractivity contribution in [3.05, 3.63) is 23.3 Å². The summed E-state index contributed by atoms with van der Waals surface area (Å²) < 4.78 is 0. The lowest BCUT2D eigenvalue weighted by Crippen LogP contribution is -2.67. The summed E-state index contributed by atoms with van der Waals surface area (Å²) >= 11 is 0. The molecule has 2 saturated carbocycles. The third kappa shape index (κ3) is 4.15. The highest BCUT2D eigenvalue weighted by Gasteiger charge is 2.61. The Bertz CT molecular complexity index is 743. The maximum atomic E-state index is 10.8. The van der Waals surface area contributed by atoms with E-state index in [0.29, 0.717) is 24.2 Å². The van der Waals surface area contributed by atoms with E-state index in [1.54, 1.807) is 0 Å². The molecule has 4 N–H and O–H groups in total. The van der Waals surface area contributed by atoms with E-state index in [4.69, 9.17) is 10.8 Å². The Hall–Kier alpha value is -1.13. The molecule has 0 amide bonds. The summed E-state index contributed by atoms with van der Waals surface area (Å²) in [5, 5.41) is 19.1. The Balaban J connectivity index is 1.86. The molecule has 31 heavy (non-hydrogen) atoms. The number of aliphatic carboxylic acids is 1. The molecule has 0 saturated heterocycles. The second-order valence-corrected chi connectivity index (χ2v) is 11.3. The predicted octanol–water partition coefficient (Wildman–Crippen LogP) is 5.84. The minimum absolute atomic E-state index is 0.0200. The molecule has 0 aromatic rings. The van der Waals surface area contributed by atoms with Crippen molar-refractivity contribution in [3.63, 3.8) is 0 Å². The number of unbranched alkanes of at least 4 members (excludes halogenated alkanes) is 1. The molecule has 1 unspecified atom stereocenters. The van der Waals surface area contributed by atoms with Crippen LogP contribution in [0.25, 0.3) is 0 Å². The highest BCUT2D eigenvalue weighted by Crippen LogP contribution is 2.64. The number of hydrogen-bond acceptors (Lipinski definition) is 3. The van der Waals surface area contributed by atoms with Crippen molar-refractivity contribution in [1.82, 2.24) is 0 Å². The van der Waals surface area contributed by atoms with E-state index >= 15 is 0 Å². The van der Waals surface area contributed by atoms with Crippen molar-refractivity contribution in [2.24, 2.45) is 34.3 Å². The Morgan fingerprint density at radius 2 is 2.00 bits per heavy atom. The smallest absolute Gasteiger partial charge is 0.303 e. The van der Waals surface area contributed by atoms with Gasteiger partial charge >= 0.3 is 5.97 Å². The van der Waals surface area contributed by atoms with Crippen molar-refractivity contribution in [2.75, 3.05) is 0 Å². The molecule has 4 nitrogen and oxygen atoms in total. The topological polar surface area (TPSA) is 83.5 Å². The molecule has 3 aliphatic rings. The second-order valence-electron chi connectivity index (χ2n) is 11.3. The Labute approximate surface area is 189 Å². The minimum atomic E-state index is -0.718. The van der Waals surface area contributed by atoms with Crippen LogP contribution in [0, 0.1) is 28.6 Å². The molecule has 0 radical (unpaired) electrons. The quantitative estimate of drug-likeness (QED) is 0.349. The molecular formula is C27H45NO3. The van der Waals surface area contributed by atoms with Crippen LogP contribution in [0.4, 0.5) is 0 Å². The van der Waals surface area contributed by atoms with Gasteiger partial charge in [0.05, 0.1) is 6.10 Å². The molecule has 0 bridgehead atoms. The van der Waals surface area contributed by atoms with Crippen molar-refractivity contribution in [3.8, 4) is 0 Å². The number of carboxylic acids is 1. The zero-order valence-corrected chi connectivity index (χ0v) is 20.4. The van der Waals surface area contributed by atoms with E-state index in [1.807, 2.05) is 0 Å². The first-order valence-electron chi connectivity index (χ1n) is 12.5. The van der Waals surface area contributed by atoms with E-state index in [2.05, 4.69) is 46.8 Å². The zero-order valence-electron chi connectivity index (χ0n) is 20.4. The summed E-state index contributed by atoms with van der Waals surface area (Å²) in [5.74, 6) is 0.729. The normalized spacial score (nSPS) is 41.7. The monoisotopic (exact) mass is 431 g/mol. The maximum absolute atomic E-state index is 10.8. The molecule has 7 atom stereocenters. The highest BCUT2D eigenvalue weighted by molar-refractivity contribution is 5.66. The molecule has 0 heterocycles. The number of allylic oxidation sites excluding steroid dienone is 3. The maximum Gasteiger partial charge on any atom is 0.303 e. The van der Waals surface area contributed by atoms with Gasteiger partial charge in [-0.2, -0.15) is 0 Å². The van der Waals surface area contributed by atoms with Crippen LogP contribution in [-0.2, 0) is 4.79 Å². The summed E-state index contributed by atoms with van der Waals surface area (Å²) in [5.41, 5.74) is 10.3. The van der Waals surface area contributed by atoms with Gasteiger partial charge in [-0.05, 0) is 93.3 Å². The molecule has 4 heteroatoms. The van der Waals surface area contributed by atoms with Gasteiger partial charge in [-0.1, -0.05) is 51.0 Å². The number of hydrogen-bond donors (Lipinski definition) is 3. The van der Waals surface area contributed by atoms with E-state index in [0.717, 1.165) is 44.9 Å². The van der Waals surface area contributed by atoms with Gasteiger partial charge in [0.2, 0.25) is 0 Å². The first-order valence-corrected chi connectivity index (χ1v) is 12.5. The molecule has 0 spiro atoms. The van der Waals surface area contributed by atoms with Gasteiger partial charge in [0.15, 0.2) is 0 Å². The first-order chi connectivity index (χ1) is 14.5. The summed E-state index contributed by atoms with van der Waals surface area (Å²) in [6.07, 6.45) is 13.4. The lowest BCUT2D eigenvalue weighted by Gasteiger charge is -2.64. The average molecular weight is 432 g/mol. The summed E-state index contributed by atoms with van der Waals surface area (Å²) in [6.45, 7) is 11.7. The fourth-order valence-corrected chi connectivity index (χ4v) is 7.58. The standard InChI is InChI=1S/C27H45NO3/c1-6-27(28)23-12-11-20-17-21(29)13-15-25(20,4)22(23)14-16-26(27,5)19(3)18(2)9-7-8-10-24(30)31/h9,11,19,21-23,29H,6-8,10,12-17,28H2,1-5H3,(H,30,31)/b18-9+/t19-,21+,22+,23-,25+,26-,27?/m1/s1. The third-order valence-corrected chi connectivity index (χ3v) is 10.1. The van der Waals surface area contributed by atoms with Gasteiger partial charge in [0.1, 0.15) is 0 Å². The third-order valence-electron chi connectivity index (χ3n) is 10.1. The number of aliphatic hydroxyl groups excluding tert-OH is 1. The fraction of sp³-hybridized carbons (Fsp3) is 0.815. The SMILES string of the molecule is CCC1(N)[C@@H]2CC=C3C[C@@H](O)CC[C@]3(C)[C@H]2CC[C@]1(C)[C@H](C)/C(C)=C/CCCC(=O)O. The molecule has 0 aromatic heterocycles. The van der Waals surface area contributed by atoms with Crippen LogP contribution in [0.5, 0.6) is 0 Å². The molecule has 2 fully saturated rings. The summed E-state index contributed by atoms with van der Waals surface area (Å²) in [6, 6.07) is 0. The van der Waals surface area contributed by atoms with E-state index in [9.17, 15) is 9.90 Å². The van der Waals surface area contributed by atoms with E-state index in [-0.39, 0.29) is 28.9 Å². The number of aliphatic hydroxyl groups is 1.